The van der Waals surface area contributed by atoms with Crippen LogP contribution in [0.4, 0.5) is 0 Å². The van der Waals surface area contributed by atoms with E-state index < -0.39 is 34.4 Å². The number of nitrogens with zero attached hydrogens (tertiary/aromatic N) is 2. The van der Waals surface area contributed by atoms with Gasteiger partial charge in [-0.3, -0.25) is 9.59 Å². The Labute approximate surface area is 140 Å². The van der Waals surface area contributed by atoms with Gasteiger partial charge < -0.3 is 10.1 Å². The maximum absolute atomic E-state index is 12.0. The van der Waals surface area contributed by atoms with Gasteiger partial charge in [-0.05, 0) is 12.8 Å². The molecule has 2 heterocycles. The zero-order chi connectivity index (χ0) is 17.7. The highest BCUT2D eigenvalue weighted by atomic mass is 32.2. The molecule has 1 N–H and O–H groups in total. The SMILES string of the molecule is CCCNC(=O)COC(=O)C1=NN([C@@H]2CCS(=O)(=O)C2)C(=O)CC1. The molecule has 9 nitrogen and oxygen atoms in total. The minimum absolute atomic E-state index is 0.00828. The zero-order valence-electron chi connectivity index (χ0n) is 13.5. The van der Waals surface area contributed by atoms with Crippen LogP contribution < -0.4 is 5.32 Å². The van der Waals surface area contributed by atoms with Crippen LogP contribution in [0.25, 0.3) is 0 Å². The van der Waals surface area contributed by atoms with Crippen LogP contribution in [-0.2, 0) is 29.0 Å². The molecule has 10 heteroatoms. The van der Waals surface area contributed by atoms with Crippen molar-refractivity contribution in [2.75, 3.05) is 24.7 Å². The Balaban J connectivity index is 1.96. The molecule has 0 bridgehead atoms. The van der Waals surface area contributed by atoms with Crippen LogP contribution in [0.1, 0.15) is 32.6 Å². The number of hydrogen-bond donors (Lipinski definition) is 1. The summed E-state index contributed by atoms with van der Waals surface area (Å²) in [6.07, 6.45) is 1.25. The highest BCUT2D eigenvalue weighted by Crippen LogP contribution is 2.22. The van der Waals surface area contributed by atoms with Crippen LogP contribution in [0.15, 0.2) is 5.10 Å². The Morgan fingerprint density at radius 2 is 2.12 bits per heavy atom. The third kappa shape index (κ3) is 4.76. The van der Waals surface area contributed by atoms with Crippen molar-refractivity contribution in [3.8, 4) is 0 Å². The van der Waals surface area contributed by atoms with E-state index in [0.717, 1.165) is 11.4 Å². The Bertz CT molecular complexity index is 657. The number of carbonyl (C=O) groups is 3. The summed E-state index contributed by atoms with van der Waals surface area (Å²) in [7, 11) is -3.17. The van der Waals surface area contributed by atoms with Gasteiger partial charge in [-0.15, -0.1) is 0 Å². The monoisotopic (exact) mass is 359 g/mol. The fraction of sp³-hybridized carbons (Fsp3) is 0.714. The molecule has 1 atom stereocenters. The van der Waals surface area contributed by atoms with E-state index in [4.69, 9.17) is 4.74 Å². The van der Waals surface area contributed by atoms with E-state index in [2.05, 4.69) is 10.4 Å². The van der Waals surface area contributed by atoms with Gasteiger partial charge in [0, 0.05) is 19.4 Å². The van der Waals surface area contributed by atoms with Gasteiger partial charge >= 0.3 is 5.97 Å². The Hall–Kier alpha value is -1.97. The lowest BCUT2D eigenvalue weighted by Gasteiger charge is -2.27. The number of carbonyl (C=O) groups excluding carboxylic acids is 3. The second-order valence-corrected chi connectivity index (χ2v) is 8.00. The van der Waals surface area contributed by atoms with E-state index in [1.165, 1.54) is 0 Å². The molecule has 0 aliphatic carbocycles. The van der Waals surface area contributed by atoms with E-state index in [1.807, 2.05) is 6.92 Å². The number of rotatable bonds is 6. The van der Waals surface area contributed by atoms with Crippen LogP contribution >= 0.6 is 0 Å². The van der Waals surface area contributed by atoms with Crippen LogP contribution in [0.3, 0.4) is 0 Å². The van der Waals surface area contributed by atoms with Gasteiger partial charge in [0.25, 0.3) is 5.91 Å². The van der Waals surface area contributed by atoms with Gasteiger partial charge in [-0.2, -0.15) is 5.10 Å². The van der Waals surface area contributed by atoms with Crippen LogP contribution in [0, 0.1) is 0 Å². The van der Waals surface area contributed by atoms with Crippen molar-refractivity contribution in [2.24, 2.45) is 5.10 Å². The quantitative estimate of drug-likeness (QED) is 0.621. The molecule has 0 unspecified atom stereocenters. The second kappa shape index (κ2) is 7.73. The van der Waals surface area contributed by atoms with Crippen molar-refractivity contribution < 1.29 is 27.5 Å². The number of hydrazone groups is 1. The first-order valence-electron chi connectivity index (χ1n) is 7.86. The Morgan fingerprint density at radius 3 is 2.75 bits per heavy atom. The molecule has 24 heavy (non-hydrogen) atoms. The first-order chi connectivity index (χ1) is 11.3. The summed E-state index contributed by atoms with van der Waals surface area (Å²) in [6.45, 7) is 1.98. The number of nitrogens with one attached hydrogen (secondary N) is 1. The molecule has 0 aromatic rings. The average molecular weight is 359 g/mol. The topological polar surface area (TPSA) is 122 Å². The van der Waals surface area contributed by atoms with Crippen molar-refractivity contribution in [3.05, 3.63) is 0 Å². The highest BCUT2D eigenvalue weighted by Gasteiger charge is 2.37. The number of ether oxygens (including phenoxy) is 1. The molecule has 2 aliphatic rings. The van der Waals surface area contributed by atoms with Crippen molar-refractivity contribution in [3.63, 3.8) is 0 Å². The van der Waals surface area contributed by atoms with E-state index in [1.54, 1.807) is 0 Å². The molecule has 1 saturated heterocycles. The van der Waals surface area contributed by atoms with Gasteiger partial charge in [0.15, 0.2) is 16.4 Å². The number of hydrogen-bond acceptors (Lipinski definition) is 7. The molecule has 0 radical (unpaired) electrons. The van der Waals surface area contributed by atoms with Crippen molar-refractivity contribution in [1.29, 1.82) is 0 Å². The van der Waals surface area contributed by atoms with Gasteiger partial charge in [0.2, 0.25) is 5.91 Å². The number of amides is 2. The van der Waals surface area contributed by atoms with Crippen molar-refractivity contribution in [2.45, 2.75) is 38.6 Å². The summed E-state index contributed by atoms with van der Waals surface area (Å²) in [4.78, 5) is 35.4. The third-order valence-corrected chi connectivity index (χ3v) is 5.51. The van der Waals surface area contributed by atoms with E-state index in [9.17, 15) is 22.8 Å². The van der Waals surface area contributed by atoms with Crippen molar-refractivity contribution >= 4 is 33.3 Å². The highest BCUT2D eigenvalue weighted by molar-refractivity contribution is 7.91. The molecule has 2 rings (SSSR count). The molecule has 1 fully saturated rings. The van der Waals surface area contributed by atoms with E-state index in [0.29, 0.717) is 13.0 Å². The summed E-state index contributed by atoms with van der Waals surface area (Å²) in [5.74, 6) is -1.62. The lowest BCUT2D eigenvalue weighted by atomic mass is 10.1. The smallest absolute Gasteiger partial charge is 0.355 e. The van der Waals surface area contributed by atoms with Gasteiger partial charge in [0.1, 0.15) is 5.71 Å². The maximum atomic E-state index is 12.0. The minimum Gasteiger partial charge on any atom is -0.451 e. The number of sulfone groups is 1. The molecule has 0 spiro atoms. The summed E-state index contributed by atoms with van der Waals surface area (Å²) in [5.41, 5.74) is 0.0298. The molecule has 2 aliphatic heterocycles. The fourth-order valence-electron chi connectivity index (χ4n) is 2.50. The molecule has 0 aromatic carbocycles. The Morgan fingerprint density at radius 1 is 1.38 bits per heavy atom. The predicted molar refractivity (Wildman–Crippen MR) is 84.8 cm³/mol. The molecule has 0 aromatic heterocycles. The largest absolute Gasteiger partial charge is 0.451 e. The number of esters is 1. The Kier molecular flexibility index (Phi) is 5.92. The molecule has 0 saturated carbocycles. The van der Waals surface area contributed by atoms with Gasteiger partial charge in [-0.1, -0.05) is 6.92 Å². The molecule has 2 amide bonds. The normalized spacial score (nSPS) is 22.9. The summed E-state index contributed by atoms with van der Waals surface area (Å²) >= 11 is 0. The third-order valence-electron chi connectivity index (χ3n) is 3.76. The molecule has 134 valence electrons. The van der Waals surface area contributed by atoms with Crippen LogP contribution in [0.2, 0.25) is 0 Å². The predicted octanol–water partition coefficient (Wildman–Crippen LogP) is -0.779. The van der Waals surface area contributed by atoms with Crippen molar-refractivity contribution in [1.82, 2.24) is 10.3 Å². The summed E-state index contributed by atoms with van der Waals surface area (Å²) in [6, 6.07) is -0.543. The lowest BCUT2D eigenvalue weighted by Crippen LogP contribution is -2.42. The minimum atomic E-state index is -3.17. The van der Waals surface area contributed by atoms with Crippen LogP contribution in [-0.4, -0.2) is 67.6 Å². The van der Waals surface area contributed by atoms with Gasteiger partial charge in [-0.25, -0.2) is 18.2 Å². The van der Waals surface area contributed by atoms with Gasteiger partial charge in [0.05, 0.1) is 17.5 Å². The van der Waals surface area contributed by atoms with Crippen LogP contribution in [0.5, 0.6) is 0 Å². The molecular weight excluding hydrogens is 338 g/mol. The lowest BCUT2D eigenvalue weighted by molar-refractivity contribution is -0.142. The molecular formula is C14H21N3O6S. The zero-order valence-corrected chi connectivity index (χ0v) is 14.3. The van der Waals surface area contributed by atoms with E-state index in [-0.39, 0.29) is 36.0 Å². The summed E-state index contributed by atoms with van der Waals surface area (Å²) < 4.78 is 28.0. The first kappa shape index (κ1) is 18.4. The summed E-state index contributed by atoms with van der Waals surface area (Å²) in [5, 5.41) is 7.64. The fourth-order valence-corrected chi connectivity index (χ4v) is 4.19. The first-order valence-corrected chi connectivity index (χ1v) is 9.68. The second-order valence-electron chi connectivity index (χ2n) is 5.77. The average Bonchev–Trinajstić information content (AvgIpc) is 2.90. The van der Waals surface area contributed by atoms with E-state index >= 15 is 0 Å². The standard InChI is InChI=1S/C14H21N3O6S/c1-2-6-15-12(18)8-23-14(20)11-3-4-13(19)17(16-11)10-5-7-24(21,22)9-10/h10H,2-9H2,1H3,(H,15,18)/t10-/m1/s1. The maximum Gasteiger partial charge on any atom is 0.355 e.